The molecule has 0 aliphatic rings. The molecule has 0 spiro atoms. The second-order valence-electron chi connectivity index (χ2n) is 5.39. The zero-order valence-electron chi connectivity index (χ0n) is 14.2. The average Bonchev–Trinajstić information content (AvgIpc) is 2.95. The Morgan fingerprint density at radius 1 is 1.28 bits per heavy atom. The molecule has 8 nitrogen and oxygen atoms in total. The van der Waals surface area contributed by atoms with Crippen LogP contribution in [0.2, 0.25) is 0 Å². The van der Waals surface area contributed by atoms with Crippen LogP contribution in [-0.2, 0) is 7.05 Å². The molecule has 0 radical (unpaired) electrons. The summed E-state index contributed by atoms with van der Waals surface area (Å²) in [5.74, 6) is 0.864. The number of hydrogen-bond acceptors (Lipinski definition) is 6. The van der Waals surface area contributed by atoms with Crippen LogP contribution in [0.4, 0.5) is 5.69 Å². The number of furan rings is 1. The maximum absolute atomic E-state index is 12.8. The van der Waals surface area contributed by atoms with Gasteiger partial charge in [-0.15, -0.1) is 0 Å². The fraction of sp³-hybridized carbons (Fsp3) is 0.235. The fourth-order valence-corrected chi connectivity index (χ4v) is 2.55. The Bertz CT molecular complexity index is 1020. The highest BCUT2D eigenvalue weighted by molar-refractivity contribution is 6.13. The summed E-state index contributed by atoms with van der Waals surface area (Å²) in [6.45, 7) is 1.61. The number of nitrogens with zero attached hydrogens (tertiary/aromatic N) is 2. The third-order valence-electron chi connectivity index (χ3n) is 3.83. The first kappa shape index (κ1) is 16.6. The first-order valence-corrected chi connectivity index (χ1v) is 7.44. The molecule has 0 aliphatic carbocycles. The second kappa shape index (κ2) is 6.31. The Labute approximate surface area is 143 Å². The predicted octanol–water partition coefficient (Wildman–Crippen LogP) is 2.10. The van der Waals surface area contributed by atoms with Crippen molar-refractivity contribution in [3.63, 3.8) is 0 Å². The topological polar surface area (TPSA) is 95.6 Å². The second-order valence-corrected chi connectivity index (χ2v) is 5.39. The van der Waals surface area contributed by atoms with Crippen molar-refractivity contribution in [3.05, 3.63) is 46.2 Å². The normalized spacial score (nSPS) is 10.7. The minimum absolute atomic E-state index is 0.132. The zero-order valence-corrected chi connectivity index (χ0v) is 14.2. The molecule has 0 unspecified atom stereocenters. The first-order valence-electron chi connectivity index (χ1n) is 7.44. The van der Waals surface area contributed by atoms with Gasteiger partial charge < -0.3 is 23.8 Å². The Hall–Kier alpha value is -3.29. The Balaban J connectivity index is 2.06. The Morgan fingerprint density at radius 3 is 2.72 bits per heavy atom. The smallest absolute Gasteiger partial charge is 0.265 e. The number of rotatable bonds is 4. The van der Waals surface area contributed by atoms with Gasteiger partial charge in [0.05, 0.1) is 25.5 Å². The van der Waals surface area contributed by atoms with Gasteiger partial charge in [-0.25, -0.2) is 4.98 Å². The van der Waals surface area contributed by atoms with Crippen LogP contribution >= 0.6 is 0 Å². The molecular formula is C17H17N3O5. The number of anilines is 1. The molecule has 130 valence electrons. The number of fused-ring (bicyclic) bond motifs is 1. The van der Waals surface area contributed by atoms with Crippen molar-refractivity contribution in [2.75, 3.05) is 19.5 Å². The molecule has 0 saturated heterocycles. The molecule has 2 heterocycles. The lowest BCUT2D eigenvalue weighted by atomic mass is 10.1. The molecular weight excluding hydrogens is 326 g/mol. The number of ether oxygens (including phenoxy) is 2. The van der Waals surface area contributed by atoms with Crippen molar-refractivity contribution in [1.82, 2.24) is 9.55 Å². The summed E-state index contributed by atoms with van der Waals surface area (Å²) in [6, 6.07) is 5.00. The van der Waals surface area contributed by atoms with Gasteiger partial charge in [0.1, 0.15) is 29.0 Å². The van der Waals surface area contributed by atoms with Gasteiger partial charge in [0.25, 0.3) is 11.5 Å². The molecule has 3 aromatic rings. The van der Waals surface area contributed by atoms with E-state index in [1.807, 2.05) is 0 Å². The quantitative estimate of drug-likeness (QED) is 0.779. The predicted molar refractivity (Wildman–Crippen MR) is 91.5 cm³/mol. The summed E-state index contributed by atoms with van der Waals surface area (Å²) in [7, 11) is 4.59. The lowest BCUT2D eigenvalue weighted by Crippen LogP contribution is -2.20. The number of amides is 1. The molecule has 1 N–H and O–H groups in total. The van der Waals surface area contributed by atoms with Crippen LogP contribution < -0.4 is 20.3 Å². The summed E-state index contributed by atoms with van der Waals surface area (Å²) in [6.07, 6.45) is 1.35. The average molecular weight is 343 g/mol. The van der Waals surface area contributed by atoms with Crippen LogP contribution in [0.5, 0.6) is 11.5 Å². The van der Waals surface area contributed by atoms with E-state index in [0.717, 1.165) is 0 Å². The zero-order chi connectivity index (χ0) is 18.1. The summed E-state index contributed by atoms with van der Waals surface area (Å²) in [5.41, 5.74) is 0.380. The van der Waals surface area contributed by atoms with Crippen molar-refractivity contribution in [2.45, 2.75) is 6.92 Å². The number of aromatic nitrogens is 2. The van der Waals surface area contributed by atoms with Crippen molar-refractivity contribution in [3.8, 4) is 11.5 Å². The summed E-state index contributed by atoms with van der Waals surface area (Å²) in [5, 5.41) is 2.89. The van der Waals surface area contributed by atoms with E-state index >= 15 is 0 Å². The molecule has 0 fully saturated rings. The third kappa shape index (κ3) is 2.82. The highest BCUT2D eigenvalue weighted by Gasteiger charge is 2.23. The third-order valence-corrected chi connectivity index (χ3v) is 3.83. The van der Waals surface area contributed by atoms with Crippen LogP contribution in [0.25, 0.3) is 11.1 Å². The standard InChI is InChI=1S/C17H17N3O5/c1-9-13(14-16(25-9)18-8-20(2)17(14)22)15(21)19-11-6-5-10(23-3)7-12(11)24-4/h5-8H,1-4H3,(H,19,21). The van der Waals surface area contributed by atoms with Crippen LogP contribution in [0, 0.1) is 6.92 Å². The number of carbonyl (C=O) groups is 1. The highest BCUT2D eigenvalue weighted by Crippen LogP contribution is 2.30. The maximum Gasteiger partial charge on any atom is 0.265 e. The van der Waals surface area contributed by atoms with Crippen molar-refractivity contribution >= 4 is 22.7 Å². The molecule has 1 aromatic carbocycles. The molecule has 0 atom stereocenters. The number of methoxy groups -OCH3 is 2. The van der Waals surface area contributed by atoms with Gasteiger partial charge in [0.2, 0.25) is 5.71 Å². The molecule has 0 bridgehead atoms. The van der Waals surface area contributed by atoms with Gasteiger partial charge in [-0.2, -0.15) is 0 Å². The lowest BCUT2D eigenvalue weighted by Gasteiger charge is -2.11. The SMILES string of the molecule is COc1ccc(NC(=O)c2c(C)oc3ncn(C)c(=O)c23)c(OC)c1. The maximum atomic E-state index is 12.8. The van der Waals surface area contributed by atoms with Crippen LogP contribution in [0.1, 0.15) is 16.1 Å². The molecule has 25 heavy (non-hydrogen) atoms. The van der Waals surface area contributed by atoms with Crippen molar-refractivity contribution in [2.24, 2.45) is 7.05 Å². The van der Waals surface area contributed by atoms with Gasteiger partial charge in [0, 0.05) is 13.1 Å². The molecule has 2 aromatic heterocycles. The van der Waals surface area contributed by atoms with E-state index < -0.39 is 5.91 Å². The number of carbonyl (C=O) groups excluding carboxylic acids is 1. The number of aryl methyl sites for hydroxylation is 2. The van der Waals surface area contributed by atoms with Crippen LogP contribution in [0.15, 0.2) is 33.7 Å². The van der Waals surface area contributed by atoms with E-state index in [2.05, 4.69) is 10.3 Å². The molecule has 3 rings (SSSR count). The van der Waals surface area contributed by atoms with Crippen molar-refractivity contribution in [1.29, 1.82) is 0 Å². The van der Waals surface area contributed by atoms with E-state index in [1.165, 1.54) is 25.1 Å². The van der Waals surface area contributed by atoms with Crippen LogP contribution in [0.3, 0.4) is 0 Å². The van der Waals surface area contributed by atoms with E-state index in [9.17, 15) is 9.59 Å². The van der Waals surface area contributed by atoms with E-state index in [1.54, 1.807) is 32.2 Å². The summed E-state index contributed by atoms with van der Waals surface area (Å²) < 4.78 is 17.1. The summed E-state index contributed by atoms with van der Waals surface area (Å²) in [4.78, 5) is 29.2. The molecule has 1 amide bonds. The highest BCUT2D eigenvalue weighted by atomic mass is 16.5. The van der Waals surface area contributed by atoms with Gasteiger partial charge in [-0.3, -0.25) is 9.59 Å². The Morgan fingerprint density at radius 2 is 2.04 bits per heavy atom. The number of nitrogens with one attached hydrogen (secondary N) is 1. The minimum Gasteiger partial charge on any atom is -0.497 e. The summed E-state index contributed by atoms with van der Waals surface area (Å²) >= 11 is 0. The Kier molecular flexibility index (Phi) is 4.18. The molecule has 0 aliphatic heterocycles. The van der Waals surface area contributed by atoms with Gasteiger partial charge in [0.15, 0.2) is 0 Å². The molecule has 8 heteroatoms. The largest absolute Gasteiger partial charge is 0.497 e. The fourth-order valence-electron chi connectivity index (χ4n) is 2.55. The monoisotopic (exact) mass is 343 g/mol. The lowest BCUT2D eigenvalue weighted by molar-refractivity contribution is 0.102. The number of hydrogen-bond donors (Lipinski definition) is 1. The van der Waals surface area contributed by atoms with E-state index in [4.69, 9.17) is 13.9 Å². The van der Waals surface area contributed by atoms with Gasteiger partial charge in [-0.05, 0) is 19.1 Å². The number of benzene rings is 1. The minimum atomic E-state index is -0.482. The van der Waals surface area contributed by atoms with Gasteiger partial charge in [-0.1, -0.05) is 0 Å². The van der Waals surface area contributed by atoms with Crippen LogP contribution in [-0.4, -0.2) is 29.7 Å². The van der Waals surface area contributed by atoms with E-state index in [0.29, 0.717) is 22.9 Å². The van der Waals surface area contributed by atoms with Gasteiger partial charge >= 0.3 is 0 Å². The molecule has 0 saturated carbocycles. The van der Waals surface area contributed by atoms with Crippen molar-refractivity contribution < 1.29 is 18.7 Å². The van der Waals surface area contributed by atoms with E-state index in [-0.39, 0.29) is 22.2 Å². The first-order chi connectivity index (χ1) is 12.0.